The lowest BCUT2D eigenvalue weighted by molar-refractivity contribution is 1.02. The summed E-state index contributed by atoms with van der Waals surface area (Å²) in [6, 6.07) is 10.2. The summed E-state index contributed by atoms with van der Waals surface area (Å²) in [5.41, 5.74) is 3.17. The predicted molar refractivity (Wildman–Crippen MR) is 61.0 cm³/mol. The highest BCUT2D eigenvalue weighted by molar-refractivity contribution is 6.30. The van der Waals surface area contributed by atoms with Gasteiger partial charge in [-0.05, 0) is 12.5 Å². The van der Waals surface area contributed by atoms with E-state index in [1.807, 2.05) is 25.1 Å². The van der Waals surface area contributed by atoms with E-state index in [-0.39, 0.29) is 0 Å². The van der Waals surface area contributed by atoms with Crippen molar-refractivity contribution in [2.75, 3.05) is 0 Å². The van der Waals surface area contributed by atoms with Gasteiger partial charge in [0.05, 0.1) is 0 Å². The van der Waals surface area contributed by atoms with E-state index in [9.17, 15) is 0 Å². The average molecular weight is 219 g/mol. The third-order valence-electron chi connectivity index (χ3n) is 2.33. The van der Waals surface area contributed by atoms with Crippen LogP contribution in [0.15, 0.2) is 36.7 Å². The van der Waals surface area contributed by atoms with Crippen LogP contribution in [0.3, 0.4) is 0 Å². The third kappa shape index (κ3) is 2.34. The van der Waals surface area contributed by atoms with Gasteiger partial charge in [-0.3, -0.25) is 0 Å². The fraction of sp³-hybridized carbons (Fsp3) is 0.167. The summed E-state index contributed by atoms with van der Waals surface area (Å²) >= 11 is 6.03. The molecule has 1 aromatic carbocycles. The van der Waals surface area contributed by atoms with Crippen molar-refractivity contribution in [3.8, 4) is 0 Å². The smallest absolute Gasteiger partial charge is 0.136 e. The molecule has 2 aromatic rings. The van der Waals surface area contributed by atoms with Crippen molar-refractivity contribution < 1.29 is 0 Å². The van der Waals surface area contributed by atoms with Crippen LogP contribution in [0.4, 0.5) is 0 Å². The zero-order valence-corrected chi connectivity index (χ0v) is 9.20. The van der Waals surface area contributed by atoms with Crippen LogP contribution in [0.5, 0.6) is 0 Å². The molecule has 0 radical (unpaired) electrons. The van der Waals surface area contributed by atoms with E-state index in [0.29, 0.717) is 5.15 Å². The van der Waals surface area contributed by atoms with Gasteiger partial charge in [-0.15, -0.1) is 0 Å². The first-order valence-corrected chi connectivity index (χ1v) is 5.15. The lowest BCUT2D eigenvalue weighted by Gasteiger charge is -2.05. The normalized spacial score (nSPS) is 10.3. The fourth-order valence-electron chi connectivity index (χ4n) is 1.47. The Morgan fingerprint density at radius 1 is 1.13 bits per heavy atom. The first-order valence-electron chi connectivity index (χ1n) is 4.77. The molecule has 0 fully saturated rings. The minimum atomic E-state index is 0.548. The Morgan fingerprint density at radius 3 is 2.53 bits per heavy atom. The molecular weight excluding hydrogens is 208 g/mol. The Morgan fingerprint density at radius 2 is 1.87 bits per heavy atom. The Bertz CT molecular complexity index is 434. The molecule has 1 heterocycles. The van der Waals surface area contributed by atoms with Gasteiger partial charge in [-0.25, -0.2) is 9.97 Å². The van der Waals surface area contributed by atoms with E-state index in [1.54, 1.807) is 0 Å². The minimum absolute atomic E-state index is 0.548. The van der Waals surface area contributed by atoms with Crippen molar-refractivity contribution in [1.29, 1.82) is 0 Å². The predicted octanol–water partition coefficient (Wildman–Crippen LogP) is 3.03. The lowest BCUT2D eigenvalue weighted by atomic mass is 10.1. The molecule has 0 atom stereocenters. The van der Waals surface area contributed by atoms with Crippen LogP contribution in [0.2, 0.25) is 5.15 Å². The molecule has 0 aliphatic rings. The molecule has 1 aromatic heterocycles. The second-order valence-corrected chi connectivity index (χ2v) is 3.75. The van der Waals surface area contributed by atoms with Crippen LogP contribution in [-0.2, 0) is 6.42 Å². The van der Waals surface area contributed by atoms with Crippen molar-refractivity contribution in [3.05, 3.63) is 58.6 Å². The number of aromatic nitrogens is 2. The van der Waals surface area contributed by atoms with Crippen LogP contribution >= 0.6 is 11.6 Å². The molecule has 15 heavy (non-hydrogen) atoms. The summed E-state index contributed by atoms with van der Waals surface area (Å²) in [6.45, 7) is 1.95. The molecule has 0 amide bonds. The summed E-state index contributed by atoms with van der Waals surface area (Å²) in [7, 11) is 0. The number of aryl methyl sites for hydroxylation is 1. The van der Waals surface area contributed by atoms with Crippen LogP contribution in [0, 0.1) is 6.92 Å². The van der Waals surface area contributed by atoms with Crippen LogP contribution in [0.25, 0.3) is 0 Å². The molecule has 2 rings (SSSR count). The number of nitrogens with zero attached hydrogens (tertiary/aromatic N) is 2. The van der Waals surface area contributed by atoms with Crippen molar-refractivity contribution >= 4 is 11.6 Å². The summed E-state index contributed by atoms with van der Waals surface area (Å²) in [5.74, 6) is 0. The van der Waals surface area contributed by atoms with E-state index < -0.39 is 0 Å². The van der Waals surface area contributed by atoms with Gasteiger partial charge in [0.15, 0.2) is 0 Å². The molecule has 0 unspecified atom stereocenters. The monoisotopic (exact) mass is 218 g/mol. The molecule has 0 saturated carbocycles. The topological polar surface area (TPSA) is 25.8 Å². The van der Waals surface area contributed by atoms with Crippen LogP contribution in [-0.4, -0.2) is 9.97 Å². The third-order valence-corrected chi connectivity index (χ3v) is 2.66. The lowest BCUT2D eigenvalue weighted by Crippen LogP contribution is -1.97. The first-order chi connectivity index (χ1) is 7.27. The molecule has 0 aliphatic heterocycles. The zero-order valence-electron chi connectivity index (χ0n) is 8.44. The number of benzene rings is 1. The molecule has 76 valence electrons. The molecule has 0 spiro atoms. The van der Waals surface area contributed by atoms with E-state index in [2.05, 4.69) is 22.1 Å². The Kier molecular flexibility index (Phi) is 2.97. The Labute approximate surface area is 94.0 Å². The van der Waals surface area contributed by atoms with E-state index in [4.69, 9.17) is 11.6 Å². The van der Waals surface area contributed by atoms with Crippen LogP contribution < -0.4 is 0 Å². The Hall–Kier alpha value is -1.41. The maximum Gasteiger partial charge on any atom is 0.136 e. The first kappa shape index (κ1) is 10.1. The van der Waals surface area contributed by atoms with Crippen molar-refractivity contribution in [1.82, 2.24) is 9.97 Å². The molecule has 0 aliphatic carbocycles. The Balaban J connectivity index is 2.32. The van der Waals surface area contributed by atoms with Gasteiger partial charge in [0.1, 0.15) is 11.5 Å². The van der Waals surface area contributed by atoms with Crippen molar-refractivity contribution in [3.63, 3.8) is 0 Å². The summed E-state index contributed by atoms with van der Waals surface area (Å²) < 4.78 is 0. The van der Waals surface area contributed by atoms with Gasteiger partial charge in [0, 0.05) is 17.7 Å². The van der Waals surface area contributed by atoms with Gasteiger partial charge in [0.25, 0.3) is 0 Å². The summed E-state index contributed by atoms with van der Waals surface area (Å²) in [6.07, 6.45) is 2.28. The molecule has 0 saturated heterocycles. The highest BCUT2D eigenvalue weighted by Gasteiger charge is 2.06. The largest absolute Gasteiger partial charge is 0.241 e. The molecule has 3 heteroatoms. The maximum absolute atomic E-state index is 6.03. The van der Waals surface area contributed by atoms with Gasteiger partial charge < -0.3 is 0 Å². The van der Waals surface area contributed by atoms with Crippen molar-refractivity contribution in [2.24, 2.45) is 0 Å². The zero-order chi connectivity index (χ0) is 10.7. The van der Waals surface area contributed by atoms with Gasteiger partial charge in [0.2, 0.25) is 0 Å². The minimum Gasteiger partial charge on any atom is -0.241 e. The number of hydrogen-bond acceptors (Lipinski definition) is 2. The molecule has 0 N–H and O–H groups in total. The fourth-order valence-corrected chi connectivity index (χ4v) is 1.72. The average Bonchev–Trinajstić information content (AvgIpc) is 2.25. The highest BCUT2D eigenvalue weighted by atomic mass is 35.5. The SMILES string of the molecule is Cc1ncnc(Cl)c1Cc1ccccc1. The van der Waals surface area contributed by atoms with E-state index in [1.165, 1.54) is 11.9 Å². The van der Waals surface area contributed by atoms with Gasteiger partial charge in [-0.2, -0.15) is 0 Å². The van der Waals surface area contributed by atoms with E-state index >= 15 is 0 Å². The second kappa shape index (κ2) is 4.41. The number of rotatable bonds is 2. The van der Waals surface area contributed by atoms with Crippen molar-refractivity contribution in [2.45, 2.75) is 13.3 Å². The quantitative estimate of drug-likeness (QED) is 0.725. The number of hydrogen-bond donors (Lipinski definition) is 0. The van der Waals surface area contributed by atoms with E-state index in [0.717, 1.165) is 17.7 Å². The second-order valence-electron chi connectivity index (χ2n) is 3.39. The molecular formula is C12H11ClN2. The molecule has 2 nitrogen and oxygen atoms in total. The van der Waals surface area contributed by atoms with Crippen LogP contribution in [0.1, 0.15) is 16.8 Å². The summed E-state index contributed by atoms with van der Waals surface area (Å²) in [4.78, 5) is 8.13. The van der Waals surface area contributed by atoms with Gasteiger partial charge >= 0.3 is 0 Å². The highest BCUT2D eigenvalue weighted by Crippen LogP contribution is 2.18. The maximum atomic E-state index is 6.03. The standard InChI is InChI=1S/C12H11ClN2/c1-9-11(12(13)15-8-14-9)7-10-5-3-2-4-6-10/h2-6,8H,7H2,1H3. The number of halogens is 1. The van der Waals surface area contributed by atoms with Gasteiger partial charge in [-0.1, -0.05) is 41.9 Å². The summed E-state index contributed by atoms with van der Waals surface area (Å²) in [5, 5.41) is 0.548. The molecule has 0 bridgehead atoms.